The topological polar surface area (TPSA) is 51.0 Å². The van der Waals surface area contributed by atoms with Gasteiger partial charge in [-0.25, -0.2) is 0 Å². The Bertz CT molecular complexity index is 451. The minimum atomic E-state index is -0.0238. The Labute approximate surface area is 138 Å². The summed E-state index contributed by atoms with van der Waals surface area (Å²) in [6.45, 7) is 3.12. The summed E-state index contributed by atoms with van der Waals surface area (Å²) in [7, 11) is 0. The maximum absolute atomic E-state index is 5.35. The van der Waals surface area contributed by atoms with Crippen molar-refractivity contribution in [2.75, 3.05) is 12.3 Å². The summed E-state index contributed by atoms with van der Waals surface area (Å²) in [6, 6.07) is 0. The highest BCUT2D eigenvalue weighted by Gasteiger charge is 2.39. The van der Waals surface area contributed by atoms with E-state index in [-0.39, 0.29) is 5.54 Å². The standard InChI is InChI=1S/C17H29N3OS/c1-2-15-19-16(20-21-15)17(10-6-7-11-17)18-12-13-22-14-8-4-3-5-9-14/h14,18H,2-13H2,1H3. The number of hydrogen-bond acceptors (Lipinski definition) is 5. The van der Waals surface area contributed by atoms with Crippen LogP contribution in [0.4, 0.5) is 0 Å². The summed E-state index contributed by atoms with van der Waals surface area (Å²) >= 11 is 2.16. The van der Waals surface area contributed by atoms with Crippen LogP contribution >= 0.6 is 11.8 Å². The van der Waals surface area contributed by atoms with Crippen LogP contribution in [0.15, 0.2) is 4.52 Å². The highest BCUT2D eigenvalue weighted by atomic mass is 32.2. The Morgan fingerprint density at radius 3 is 2.64 bits per heavy atom. The number of nitrogens with one attached hydrogen (secondary N) is 1. The first-order valence-electron chi connectivity index (χ1n) is 9.02. The van der Waals surface area contributed by atoms with Crippen molar-refractivity contribution in [1.29, 1.82) is 0 Å². The van der Waals surface area contributed by atoms with Crippen LogP contribution in [0.1, 0.15) is 76.4 Å². The van der Waals surface area contributed by atoms with E-state index >= 15 is 0 Å². The Morgan fingerprint density at radius 2 is 1.95 bits per heavy atom. The molecule has 2 fully saturated rings. The van der Waals surface area contributed by atoms with E-state index in [2.05, 4.69) is 34.1 Å². The van der Waals surface area contributed by atoms with Gasteiger partial charge < -0.3 is 9.84 Å². The van der Waals surface area contributed by atoms with E-state index < -0.39 is 0 Å². The third-order valence-electron chi connectivity index (χ3n) is 5.13. The zero-order valence-corrected chi connectivity index (χ0v) is 14.6. The molecule has 2 aliphatic rings. The lowest BCUT2D eigenvalue weighted by Gasteiger charge is -2.27. The summed E-state index contributed by atoms with van der Waals surface area (Å²) in [5, 5.41) is 8.93. The fourth-order valence-corrected chi connectivity index (χ4v) is 5.02. The molecule has 3 rings (SSSR count). The minimum Gasteiger partial charge on any atom is -0.339 e. The molecule has 0 atom stereocenters. The fourth-order valence-electron chi connectivity index (χ4n) is 3.80. The van der Waals surface area contributed by atoms with Gasteiger partial charge >= 0.3 is 0 Å². The Morgan fingerprint density at radius 1 is 1.18 bits per heavy atom. The van der Waals surface area contributed by atoms with Gasteiger partial charge in [0.05, 0.1) is 5.54 Å². The van der Waals surface area contributed by atoms with E-state index in [1.807, 2.05) is 0 Å². The largest absolute Gasteiger partial charge is 0.339 e. The van der Waals surface area contributed by atoms with Crippen molar-refractivity contribution in [3.05, 3.63) is 11.7 Å². The van der Waals surface area contributed by atoms with Gasteiger partial charge in [-0.3, -0.25) is 0 Å². The quantitative estimate of drug-likeness (QED) is 0.767. The lowest BCUT2D eigenvalue weighted by molar-refractivity contribution is 0.305. The Kier molecular flexibility index (Phi) is 5.80. The highest BCUT2D eigenvalue weighted by molar-refractivity contribution is 7.99. The van der Waals surface area contributed by atoms with E-state index in [0.717, 1.165) is 42.8 Å². The average Bonchev–Trinajstić information content (AvgIpc) is 3.22. The van der Waals surface area contributed by atoms with Gasteiger partial charge in [0.25, 0.3) is 0 Å². The lowest BCUT2D eigenvalue weighted by Crippen LogP contribution is -2.42. The van der Waals surface area contributed by atoms with Crippen LogP contribution in [0.3, 0.4) is 0 Å². The van der Waals surface area contributed by atoms with Crippen molar-refractivity contribution in [1.82, 2.24) is 15.5 Å². The molecular formula is C17H29N3OS. The molecule has 22 heavy (non-hydrogen) atoms. The van der Waals surface area contributed by atoms with Gasteiger partial charge in [-0.05, 0) is 25.7 Å². The van der Waals surface area contributed by atoms with Crippen molar-refractivity contribution in [2.24, 2.45) is 0 Å². The summed E-state index contributed by atoms with van der Waals surface area (Å²) in [4.78, 5) is 4.60. The number of rotatable bonds is 7. The van der Waals surface area contributed by atoms with E-state index in [4.69, 9.17) is 4.52 Å². The normalized spacial score (nSPS) is 22.2. The van der Waals surface area contributed by atoms with Crippen molar-refractivity contribution in [3.8, 4) is 0 Å². The molecule has 0 spiro atoms. The highest BCUT2D eigenvalue weighted by Crippen LogP contribution is 2.37. The third-order valence-corrected chi connectivity index (χ3v) is 6.51. The predicted molar refractivity (Wildman–Crippen MR) is 91.2 cm³/mol. The number of hydrogen-bond donors (Lipinski definition) is 1. The second-order valence-corrected chi connectivity index (χ2v) is 8.12. The molecule has 4 nitrogen and oxygen atoms in total. The first-order valence-corrected chi connectivity index (χ1v) is 10.1. The van der Waals surface area contributed by atoms with Crippen LogP contribution in [0.2, 0.25) is 0 Å². The van der Waals surface area contributed by atoms with E-state index in [1.54, 1.807) is 0 Å². The van der Waals surface area contributed by atoms with Crippen LogP contribution < -0.4 is 5.32 Å². The number of aromatic nitrogens is 2. The minimum absolute atomic E-state index is 0.0238. The van der Waals surface area contributed by atoms with Crippen molar-refractivity contribution < 1.29 is 4.52 Å². The predicted octanol–water partition coefficient (Wildman–Crippen LogP) is 4.06. The maximum Gasteiger partial charge on any atom is 0.226 e. The van der Waals surface area contributed by atoms with Gasteiger partial charge in [0.1, 0.15) is 0 Å². The number of nitrogens with zero attached hydrogens (tertiary/aromatic N) is 2. The molecule has 0 aliphatic heterocycles. The average molecular weight is 324 g/mol. The molecular weight excluding hydrogens is 294 g/mol. The summed E-state index contributed by atoms with van der Waals surface area (Å²) in [6.07, 6.45) is 12.8. The molecule has 2 saturated carbocycles. The van der Waals surface area contributed by atoms with Crippen LogP contribution in [0.25, 0.3) is 0 Å². The SMILES string of the molecule is CCc1nc(C2(NCCSC3CCCCC3)CCCC2)no1. The van der Waals surface area contributed by atoms with Gasteiger partial charge in [-0.1, -0.05) is 44.2 Å². The molecule has 0 aromatic carbocycles. The summed E-state index contributed by atoms with van der Waals surface area (Å²) in [5.41, 5.74) is -0.0238. The first kappa shape index (κ1) is 16.3. The van der Waals surface area contributed by atoms with Crippen molar-refractivity contribution >= 4 is 11.8 Å². The van der Waals surface area contributed by atoms with Gasteiger partial charge in [-0.2, -0.15) is 16.7 Å². The zero-order chi connectivity index (χ0) is 15.3. The molecule has 0 unspecified atom stereocenters. The molecule has 5 heteroatoms. The van der Waals surface area contributed by atoms with Crippen molar-refractivity contribution in [2.45, 2.75) is 81.9 Å². The van der Waals surface area contributed by atoms with Crippen LogP contribution in [-0.2, 0) is 12.0 Å². The molecule has 1 N–H and O–H groups in total. The Balaban J connectivity index is 1.51. The summed E-state index contributed by atoms with van der Waals surface area (Å²) < 4.78 is 5.35. The van der Waals surface area contributed by atoms with Gasteiger partial charge in [0.2, 0.25) is 5.89 Å². The fraction of sp³-hybridized carbons (Fsp3) is 0.882. The van der Waals surface area contributed by atoms with Gasteiger partial charge in [-0.15, -0.1) is 0 Å². The smallest absolute Gasteiger partial charge is 0.226 e. The molecule has 0 radical (unpaired) electrons. The first-order chi connectivity index (χ1) is 10.8. The molecule has 0 amide bonds. The molecule has 124 valence electrons. The second kappa shape index (κ2) is 7.82. The molecule has 1 aromatic rings. The maximum atomic E-state index is 5.35. The molecule has 2 aliphatic carbocycles. The molecule has 1 heterocycles. The third kappa shape index (κ3) is 3.85. The number of thioether (sulfide) groups is 1. The van der Waals surface area contributed by atoms with Gasteiger partial charge in [0.15, 0.2) is 5.82 Å². The van der Waals surface area contributed by atoms with Crippen LogP contribution in [-0.4, -0.2) is 27.7 Å². The zero-order valence-electron chi connectivity index (χ0n) is 13.8. The van der Waals surface area contributed by atoms with Crippen molar-refractivity contribution in [3.63, 3.8) is 0 Å². The second-order valence-electron chi connectivity index (χ2n) is 6.71. The van der Waals surface area contributed by atoms with Gasteiger partial charge in [0, 0.05) is 24.0 Å². The lowest BCUT2D eigenvalue weighted by atomic mass is 9.96. The van der Waals surface area contributed by atoms with Crippen LogP contribution in [0, 0.1) is 0 Å². The molecule has 1 aromatic heterocycles. The monoisotopic (exact) mass is 323 g/mol. The van der Waals surface area contributed by atoms with E-state index in [1.165, 1.54) is 50.7 Å². The Hall–Kier alpha value is -0.550. The molecule has 0 bridgehead atoms. The molecule has 0 saturated heterocycles. The van der Waals surface area contributed by atoms with E-state index in [9.17, 15) is 0 Å². The van der Waals surface area contributed by atoms with E-state index in [0.29, 0.717) is 0 Å². The number of aryl methyl sites for hydroxylation is 1. The van der Waals surface area contributed by atoms with Crippen LogP contribution in [0.5, 0.6) is 0 Å². The summed E-state index contributed by atoms with van der Waals surface area (Å²) in [5.74, 6) is 2.86.